The Morgan fingerprint density at radius 2 is 2.04 bits per heavy atom. The van der Waals surface area contributed by atoms with Crippen LogP contribution in [-0.4, -0.2) is 69.4 Å². The Morgan fingerprint density at radius 1 is 1.28 bits per heavy atom. The van der Waals surface area contributed by atoms with E-state index >= 15 is 0 Å². The maximum atomic E-state index is 5.99. The molecule has 1 fully saturated rings. The first kappa shape index (κ1) is 19.5. The summed E-state index contributed by atoms with van der Waals surface area (Å²) in [6.45, 7) is 13.2. The number of aryl methyl sites for hydroxylation is 1. The van der Waals surface area contributed by atoms with Crippen molar-refractivity contribution in [2.45, 2.75) is 26.9 Å². The van der Waals surface area contributed by atoms with Crippen LogP contribution in [0.4, 0.5) is 0 Å². The normalized spacial score (nSPS) is 17.2. The first-order valence-electron chi connectivity index (χ1n) is 9.23. The number of rotatable bonds is 8. The van der Waals surface area contributed by atoms with Crippen molar-refractivity contribution in [3.63, 3.8) is 0 Å². The number of para-hydroxylation sites is 1. The lowest BCUT2D eigenvalue weighted by Gasteiger charge is -2.26. The van der Waals surface area contributed by atoms with Crippen LogP contribution in [0.1, 0.15) is 19.4 Å². The zero-order chi connectivity index (χ0) is 17.9. The largest absolute Gasteiger partial charge is 0.489 e. The summed E-state index contributed by atoms with van der Waals surface area (Å²) in [5.74, 6) is 1.77. The van der Waals surface area contributed by atoms with Gasteiger partial charge in [0.05, 0.1) is 19.8 Å². The summed E-state index contributed by atoms with van der Waals surface area (Å²) in [4.78, 5) is 7.05. The van der Waals surface area contributed by atoms with Crippen molar-refractivity contribution in [2.75, 3.05) is 52.5 Å². The van der Waals surface area contributed by atoms with Crippen molar-refractivity contribution in [1.82, 2.24) is 15.5 Å². The van der Waals surface area contributed by atoms with E-state index in [4.69, 9.17) is 9.47 Å². The van der Waals surface area contributed by atoms with Gasteiger partial charge >= 0.3 is 0 Å². The molecule has 1 aromatic carbocycles. The van der Waals surface area contributed by atoms with Crippen molar-refractivity contribution >= 4 is 5.96 Å². The molecule has 0 bridgehead atoms. The second-order valence-electron chi connectivity index (χ2n) is 6.29. The van der Waals surface area contributed by atoms with E-state index in [1.165, 1.54) is 0 Å². The Bertz CT molecular complexity index is 530. The summed E-state index contributed by atoms with van der Waals surface area (Å²) < 4.78 is 11.4. The molecule has 1 atom stereocenters. The monoisotopic (exact) mass is 348 g/mol. The molecule has 2 N–H and O–H groups in total. The van der Waals surface area contributed by atoms with Gasteiger partial charge in [-0.3, -0.25) is 4.90 Å². The van der Waals surface area contributed by atoms with Crippen molar-refractivity contribution in [3.05, 3.63) is 29.8 Å². The predicted octanol–water partition coefficient (Wildman–Crippen LogP) is 1.65. The number of aliphatic imine (C=N–C) groups is 1. The molecule has 0 aliphatic carbocycles. The van der Waals surface area contributed by atoms with Gasteiger partial charge in [0.2, 0.25) is 0 Å². The minimum absolute atomic E-state index is 0.0239. The summed E-state index contributed by atoms with van der Waals surface area (Å²) in [6.07, 6.45) is 0.0239. The number of hydrogen-bond donors (Lipinski definition) is 2. The van der Waals surface area contributed by atoms with Gasteiger partial charge in [-0.05, 0) is 32.4 Å². The third-order valence-corrected chi connectivity index (χ3v) is 4.10. The van der Waals surface area contributed by atoms with Gasteiger partial charge < -0.3 is 20.1 Å². The topological polar surface area (TPSA) is 58.1 Å². The van der Waals surface area contributed by atoms with E-state index in [0.717, 1.165) is 63.2 Å². The van der Waals surface area contributed by atoms with Gasteiger partial charge in [0.1, 0.15) is 11.9 Å². The molecule has 140 valence electrons. The molecule has 1 unspecified atom stereocenters. The van der Waals surface area contributed by atoms with Crippen LogP contribution < -0.4 is 15.4 Å². The maximum absolute atomic E-state index is 5.99. The van der Waals surface area contributed by atoms with E-state index in [9.17, 15) is 0 Å². The van der Waals surface area contributed by atoms with Crippen LogP contribution in [0.15, 0.2) is 29.3 Å². The van der Waals surface area contributed by atoms with Crippen molar-refractivity contribution < 1.29 is 9.47 Å². The average molecular weight is 348 g/mol. The fourth-order valence-electron chi connectivity index (χ4n) is 2.66. The minimum atomic E-state index is 0.0239. The number of benzene rings is 1. The lowest BCUT2D eigenvalue weighted by Crippen LogP contribution is -2.44. The van der Waals surface area contributed by atoms with E-state index in [1.807, 2.05) is 25.1 Å². The summed E-state index contributed by atoms with van der Waals surface area (Å²) in [7, 11) is 0. The molecule has 1 aliphatic heterocycles. The summed E-state index contributed by atoms with van der Waals surface area (Å²) in [6, 6.07) is 8.08. The van der Waals surface area contributed by atoms with Gasteiger partial charge in [-0.25, -0.2) is 4.99 Å². The van der Waals surface area contributed by atoms with Crippen LogP contribution >= 0.6 is 0 Å². The smallest absolute Gasteiger partial charge is 0.191 e. The highest BCUT2D eigenvalue weighted by Gasteiger charge is 2.10. The molecular weight excluding hydrogens is 316 g/mol. The van der Waals surface area contributed by atoms with Crippen LogP contribution in [0.25, 0.3) is 0 Å². The first-order chi connectivity index (χ1) is 12.2. The molecule has 1 heterocycles. The highest BCUT2D eigenvalue weighted by molar-refractivity contribution is 5.79. The quantitative estimate of drug-likeness (QED) is 0.553. The predicted molar refractivity (Wildman–Crippen MR) is 103 cm³/mol. The Hall–Kier alpha value is -1.79. The highest BCUT2D eigenvalue weighted by Crippen LogP contribution is 2.17. The van der Waals surface area contributed by atoms with Crippen LogP contribution in [0.3, 0.4) is 0 Å². The van der Waals surface area contributed by atoms with Crippen LogP contribution in [0.2, 0.25) is 0 Å². The molecule has 1 saturated heterocycles. The number of hydrogen-bond acceptors (Lipinski definition) is 4. The summed E-state index contributed by atoms with van der Waals surface area (Å²) >= 11 is 0. The van der Waals surface area contributed by atoms with E-state index in [-0.39, 0.29) is 6.10 Å². The first-order valence-corrected chi connectivity index (χ1v) is 9.23. The number of morpholine rings is 1. The lowest BCUT2D eigenvalue weighted by molar-refractivity contribution is 0.0389. The third-order valence-electron chi connectivity index (χ3n) is 4.10. The second kappa shape index (κ2) is 10.9. The van der Waals surface area contributed by atoms with Gasteiger partial charge in [0.15, 0.2) is 5.96 Å². The molecule has 0 amide bonds. The fraction of sp³-hybridized carbons (Fsp3) is 0.632. The van der Waals surface area contributed by atoms with Gasteiger partial charge in [-0.15, -0.1) is 0 Å². The van der Waals surface area contributed by atoms with E-state index in [1.54, 1.807) is 0 Å². The number of ether oxygens (including phenoxy) is 2. The molecule has 0 aromatic heterocycles. The summed E-state index contributed by atoms with van der Waals surface area (Å²) in [5.41, 5.74) is 1.15. The number of guanidine groups is 1. The van der Waals surface area contributed by atoms with E-state index in [2.05, 4.69) is 40.4 Å². The van der Waals surface area contributed by atoms with Gasteiger partial charge in [-0.2, -0.15) is 0 Å². The average Bonchev–Trinajstić information content (AvgIpc) is 2.62. The molecule has 1 aliphatic rings. The maximum Gasteiger partial charge on any atom is 0.191 e. The summed E-state index contributed by atoms with van der Waals surface area (Å²) in [5, 5.41) is 6.69. The number of nitrogens with one attached hydrogen (secondary N) is 2. The van der Waals surface area contributed by atoms with E-state index < -0.39 is 0 Å². The number of nitrogens with zero attached hydrogens (tertiary/aromatic N) is 2. The van der Waals surface area contributed by atoms with Gasteiger partial charge in [0, 0.05) is 32.7 Å². The molecule has 0 saturated carbocycles. The standard InChI is InChI=1S/C19H32N4O2/c1-4-20-19(21-9-10-23-11-13-24-14-12-23)22-15-17(3)25-18-8-6-5-7-16(18)2/h5-8,17H,4,9-15H2,1-3H3,(H2,20,21,22). The lowest BCUT2D eigenvalue weighted by atomic mass is 10.2. The van der Waals surface area contributed by atoms with Gasteiger partial charge in [-0.1, -0.05) is 18.2 Å². The third kappa shape index (κ3) is 7.32. The molecule has 0 radical (unpaired) electrons. The molecular formula is C19H32N4O2. The fourth-order valence-corrected chi connectivity index (χ4v) is 2.66. The zero-order valence-electron chi connectivity index (χ0n) is 15.8. The molecule has 1 aromatic rings. The second-order valence-corrected chi connectivity index (χ2v) is 6.29. The molecule has 6 nitrogen and oxygen atoms in total. The SMILES string of the molecule is CCNC(=NCC(C)Oc1ccccc1C)NCCN1CCOCC1. The van der Waals surface area contributed by atoms with Crippen LogP contribution in [0.5, 0.6) is 5.75 Å². The van der Waals surface area contributed by atoms with E-state index in [0.29, 0.717) is 6.54 Å². The van der Waals surface area contributed by atoms with Crippen molar-refractivity contribution in [3.8, 4) is 5.75 Å². The minimum Gasteiger partial charge on any atom is -0.489 e. The molecule has 2 rings (SSSR count). The van der Waals surface area contributed by atoms with Crippen LogP contribution in [0, 0.1) is 6.92 Å². The molecule has 6 heteroatoms. The Labute approximate surface area is 151 Å². The highest BCUT2D eigenvalue weighted by atomic mass is 16.5. The zero-order valence-corrected chi connectivity index (χ0v) is 15.8. The van der Waals surface area contributed by atoms with Crippen LogP contribution in [-0.2, 0) is 4.74 Å². The Morgan fingerprint density at radius 3 is 2.76 bits per heavy atom. The van der Waals surface area contributed by atoms with Crippen molar-refractivity contribution in [1.29, 1.82) is 0 Å². The Kier molecular flexibility index (Phi) is 8.55. The Balaban J connectivity index is 1.76. The molecule has 0 spiro atoms. The van der Waals surface area contributed by atoms with Crippen molar-refractivity contribution in [2.24, 2.45) is 4.99 Å². The molecule has 25 heavy (non-hydrogen) atoms. The van der Waals surface area contributed by atoms with Gasteiger partial charge in [0.25, 0.3) is 0 Å².